The van der Waals surface area contributed by atoms with Gasteiger partial charge in [-0.1, -0.05) is 6.92 Å². The summed E-state index contributed by atoms with van der Waals surface area (Å²) >= 11 is 0. The maximum absolute atomic E-state index is 5.22. The van der Waals surface area contributed by atoms with Crippen LogP contribution >= 0.6 is 0 Å². The minimum Gasteiger partial charge on any atom is -0.404 e. The van der Waals surface area contributed by atoms with Crippen LogP contribution < -0.4 is 5.73 Å². The maximum Gasteiger partial charge on any atom is 0.0277 e. The van der Waals surface area contributed by atoms with E-state index in [0.29, 0.717) is 0 Å². The van der Waals surface area contributed by atoms with Crippen LogP contribution in [0.2, 0.25) is 0 Å². The van der Waals surface area contributed by atoms with E-state index in [1.807, 2.05) is 6.92 Å². The van der Waals surface area contributed by atoms with E-state index in [1.54, 1.807) is 19.5 Å². The van der Waals surface area contributed by atoms with Gasteiger partial charge in [-0.2, -0.15) is 0 Å². The molecule has 0 aromatic carbocycles. The Morgan fingerprint density at radius 2 is 2.38 bits per heavy atom. The molecule has 0 fully saturated rings. The van der Waals surface area contributed by atoms with Crippen molar-refractivity contribution < 1.29 is 0 Å². The summed E-state index contributed by atoms with van der Waals surface area (Å²) in [4.78, 5) is 3.80. The van der Waals surface area contributed by atoms with E-state index in [4.69, 9.17) is 5.73 Å². The summed E-state index contributed by atoms with van der Waals surface area (Å²) in [6, 6.07) is 0. The molecule has 0 aliphatic carbocycles. The summed E-state index contributed by atoms with van der Waals surface area (Å²) in [5, 5.41) is 0. The van der Waals surface area contributed by atoms with Crippen LogP contribution in [0.15, 0.2) is 16.8 Å². The van der Waals surface area contributed by atoms with Crippen LogP contribution in [0.4, 0.5) is 0 Å². The zero-order valence-electron chi connectivity index (χ0n) is 5.39. The molecule has 0 rings (SSSR count). The van der Waals surface area contributed by atoms with Gasteiger partial charge in [-0.15, -0.1) is 0 Å². The van der Waals surface area contributed by atoms with Crippen LogP contribution in [0.1, 0.15) is 13.3 Å². The molecular formula is C6H12N2. The van der Waals surface area contributed by atoms with Crippen LogP contribution in [0.25, 0.3) is 0 Å². The van der Waals surface area contributed by atoms with Gasteiger partial charge in [0.15, 0.2) is 0 Å². The molecule has 0 bridgehead atoms. The molecule has 8 heavy (non-hydrogen) atoms. The first-order valence-corrected chi connectivity index (χ1v) is 2.68. The van der Waals surface area contributed by atoms with Crippen molar-refractivity contribution in [3.05, 3.63) is 11.8 Å². The highest BCUT2D eigenvalue weighted by Crippen LogP contribution is 1.91. The summed E-state index contributed by atoms with van der Waals surface area (Å²) in [6.45, 7) is 2.04. The first-order chi connectivity index (χ1) is 3.85. The van der Waals surface area contributed by atoms with E-state index in [2.05, 4.69) is 4.99 Å². The molecule has 0 amide bonds. The molecule has 0 aromatic rings. The second-order valence-electron chi connectivity index (χ2n) is 1.48. The van der Waals surface area contributed by atoms with Crippen molar-refractivity contribution in [1.29, 1.82) is 0 Å². The minimum absolute atomic E-state index is 0.952. The third kappa shape index (κ3) is 2.39. The Kier molecular flexibility index (Phi) is 3.94. The Bertz CT molecular complexity index is 100. The van der Waals surface area contributed by atoms with Gasteiger partial charge in [-0.25, -0.2) is 0 Å². The molecule has 0 aliphatic heterocycles. The number of hydrogen-bond acceptors (Lipinski definition) is 2. The summed E-state index contributed by atoms with van der Waals surface area (Å²) < 4.78 is 0. The van der Waals surface area contributed by atoms with E-state index in [-0.39, 0.29) is 0 Å². The van der Waals surface area contributed by atoms with Gasteiger partial charge >= 0.3 is 0 Å². The predicted molar refractivity (Wildman–Crippen MR) is 37.0 cm³/mol. The molecule has 0 saturated carbocycles. The SMILES string of the molecule is CC/C(C=NC)=C/N. The molecule has 2 nitrogen and oxygen atoms in total. The number of nitrogens with zero attached hydrogens (tertiary/aromatic N) is 1. The maximum atomic E-state index is 5.22. The summed E-state index contributed by atoms with van der Waals surface area (Å²) in [5.74, 6) is 0. The van der Waals surface area contributed by atoms with Crippen LogP contribution in [0.3, 0.4) is 0 Å². The zero-order chi connectivity index (χ0) is 6.41. The molecule has 0 radical (unpaired) electrons. The molecule has 2 heteroatoms. The van der Waals surface area contributed by atoms with Gasteiger partial charge in [-0.3, -0.25) is 4.99 Å². The van der Waals surface area contributed by atoms with E-state index in [0.717, 1.165) is 12.0 Å². The number of hydrogen-bond donors (Lipinski definition) is 1. The van der Waals surface area contributed by atoms with Crippen molar-refractivity contribution >= 4 is 6.21 Å². The fourth-order valence-corrected chi connectivity index (χ4v) is 0.418. The Hall–Kier alpha value is -0.790. The fourth-order valence-electron chi connectivity index (χ4n) is 0.418. The molecule has 0 unspecified atom stereocenters. The quantitative estimate of drug-likeness (QED) is 0.530. The molecular weight excluding hydrogens is 100 g/mol. The van der Waals surface area contributed by atoms with Crippen molar-refractivity contribution in [2.24, 2.45) is 10.7 Å². The second-order valence-corrected chi connectivity index (χ2v) is 1.48. The van der Waals surface area contributed by atoms with Crippen molar-refractivity contribution in [2.45, 2.75) is 13.3 Å². The van der Waals surface area contributed by atoms with Crippen molar-refractivity contribution in [2.75, 3.05) is 7.05 Å². The van der Waals surface area contributed by atoms with E-state index < -0.39 is 0 Å². The summed E-state index contributed by atoms with van der Waals surface area (Å²) in [6.07, 6.45) is 4.29. The highest BCUT2D eigenvalue weighted by molar-refractivity contribution is 5.77. The first-order valence-electron chi connectivity index (χ1n) is 2.68. The standard InChI is InChI=1S/C6H12N2/c1-3-6(4-7)5-8-2/h4-5H,3,7H2,1-2H3/b6-4-,8-5?. The molecule has 2 N–H and O–H groups in total. The highest BCUT2D eigenvalue weighted by atomic mass is 14.6. The number of aliphatic imine (C=N–C) groups is 1. The largest absolute Gasteiger partial charge is 0.404 e. The lowest BCUT2D eigenvalue weighted by Gasteiger charge is -1.88. The third-order valence-corrected chi connectivity index (χ3v) is 0.917. The molecule has 0 aliphatic rings. The van der Waals surface area contributed by atoms with Crippen LogP contribution in [0, 0.1) is 0 Å². The van der Waals surface area contributed by atoms with Crippen LogP contribution in [-0.4, -0.2) is 13.3 Å². The average molecular weight is 112 g/mol. The van der Waals surface area contributed by atoms with E-state index in [1.165, 1.54) is 0 Å². The van der Waals surface area contributed by atoms with Crippen molar-refractivity contribution in [1.82, 2.24) is 0 Å². The Labute approximate surface area is 50.1 Å². The Morgan fingerprint density at radius 1 is 1.75 bits per heavy atom. The highest BCUT2D eigenvalue weighted by Gasteiger charge is 1.81. The monoisotopic (exact) mass is 112 g/mol. The number of nitrogens with two attached hydrogens (primary N) is 1. The topological polar surface area (TPSA) is 38.4 Å². The lowest BCUT2D eigenvalue weighted by molar-refractivity contribution is 1.16. The van der Waals surface area contributed by atoms with Gasteiger partial charge in [0.1, 0.15) is 0 Å². The van der Waals surface area contributed by atoms with Gasteiger partial charge < -0.3 is 5.73 Å². The van der Waals surface area contributed by atoms with Gasteiger partial charge in [0.05, 0.1) is 0 Å². The van der Waals surface area contributed by atoms with Gasteiger partial charge in [-0.05, 0) is 18.2 Å². The van der Waals surface area contributed by atoms with Gasteiger partial charge in [0.25, 0.3) is 0 Å². The Morgan fingerprint density at radius 3 is 2.50 bits per heavy atom. The lowest BCUT2D eigenvalue weighted by Crippen LogP contribution is -1.88. The van der Waals surface area contributed by atoms with Gasteiger partial charge in [0.2, 0.25) is 0 Å². The molecule has 0 spiro atoms. The van der Waals surface area contributed by atoms with E-state index in [9.17, 15) is 0 Å². The minimum atomic E-state index is 0.952. The second kappa shape index (κ2) is 4.37. The van der Waals surface area contributed by atoms with Crippen molar-refractivity contribution in [3.8, 4) is 0 Å². The fraction of sp³-hybridized carbons (Fsp3) is 0.500. The molecule has 0 saturated heterocycles. The molecule has 0 atom stereocenters. The molecule has 0 aromatic heterocycles. The Balaban J connectivity index is 3.72. The van der Waals surface area contributed by atoms with E-state index >= 15 is 0 Å². The predicted octanol–water partition coefficient (Wildman–Crippen LogP) is 0.940. The number of allylic oxidation sites excluding steroid dienone is 1. The zero-order valence-corrected chi connectivity index (χ0v) is 5.39. The van der Waals surface area contributed by atoms with Crippen LogP contribution in [-0.2, 0) is 0 Å². The third-order valence-electron chi connectivity index (χ3n) is 0.917. The normalized spacial score (nSPS) is 13.0. The number of rotatable bonds is 2. The smallest absolute Gasteiger partial charge is 0.0277 e. The summed E-state index contributed by atoms with van der Waals surface area (Å²) in [5.41, 5.74) is 6.29. The molecule has 0 heterocycles. The molecule has 46 valence electrons. The van der Waals surface area contributed by atoms with Crippen molar-refractivity contribution in [3.63, 3.8) is 0 Å². The van der Waals surface area contributed by atoms with Gasteiger partial charge in [0, 0.05) is 13.3 Å². The average Bonchev–Trinajstić information content (AvgIpc) is 1.83. The summed E-state index contributed by atoms with van der Waals surface area (Å²) in [7, 11) is 1.74. The van der Waals surface area contributed by atoms with Crippen LogP contribution in [0.5, 0.6) is 0 Å². The first kappa shape index (κ1) is 7.21. The lowest BCUT2D eigenvalue weighted by atomic mass is 10.2.